The maximum Gasteiger partial charge on any atom is 0.255 e. The number of aryl methyl sites for hydroxylation is 1. The third kappa shape index (κ3) is 3.14. The van der Waals surface area contributed by atoms with E-state index in [4.69, 9.17) is 4.74 Å². The van der Waals surface area contributed by atoms with Crippen LogP contribution in [0.4, 0.5) is 0 Å². The fourth-order valence-corrected chi connectivity index (χ4v) is 3.15. The van der Waals surface area contributed by atoms with Crippen LogP contribution >= 0.6 is 11.3 Å². The van der Waals surface area contributed by atoms with Gasteiger partial charge < -0.3 is 10.1 Å². The Balaban J connectivity index is 1.64. The van der Waals surface area contributed by atoms with Gasteiger partial charge >= 0.3 is 0 Å². The number of amides is 1. The summed E-state index contributed by atoms with van der Waals surface area (Å²) in [5.41, 5.74) is 2.38. The first-order chi connectivity index (χ1) is 10.3. The molecule has 0 bridgehead atoms. The molecule has 7 heteroatoms. The third-order valence-electron chi connectivity index (χ3n) is 3.58. The lowest BCUT2D eigenvalue weighted by Gasteiger charge is -2.08. The van der Waals surface area contributed by atoms with E-state index >= 15 is 0 Å². The van der Waals surface area contributed by atoms with Crippen molar-refractivity contribution in [3.63, 3.8) is 0 Å². The summed E-state index contributed by atoms with van der Waals surface area (Å²) in [6.45, 7) is 3.90. The summed E-state index contributed by atoms with van der Waals surface area (Å²) in [4.78, 5) is 16.7. The van der Waals surface area contributed by atoms with Crippen molar-refractivity contribution in [1.29, 1.82) is 0 Å². The van der Waals surface area contributed by atoms with Crippen molar-refractivity contribution in [3.8, 4) is 0 Å². The lowest BCUT2D eigenvalue weighted by atomic mass is 10.0. The largest absolute Gasteiger partial charge is 0.381 e. The minimum absolute atomic E-state index is 0.114. The third-order valence-corrected chi connectivity index (χ3v) is 4.63. The first kappa shape index (κ1) is 14.2. The van der Waals surface area contributed by atoms with Crippen LogP contribution in [-0.2, 0) is 17.7 Å². The van der Waals surface area contributed by atoms with Crippen molar-refractivity contribution in [2.75, 3.05) is 13.2 Å². The normalized spacial score (nSPS) is 18.0. The van der Waals surface area contributed by atoms with Gasteiger partial charge in [0.15, 0.2) is 0 Å². The number of carbonyl (C=O) groups is 1. The van der Waals surface area contributed by atoms with E-state index in [1.54, 1.807) is 17.5 Å². The first-order valence-corrected chi connectivity index (χ1v) is 7.98. The van der Waals surface area contributed by atoms with Gasteiger partial charge in [-0.3, -0.25) is 9.89 Å². The second-order valence-electron chi connectivity index (χ2n) is 5.03. The van der Waals surface area contributed by atoms with Crippen LogP contribution in [0.25, 0.3) is 0 Å². The summed E-state index contributed by atoms with van der Waals surface area (Å²) in [6.07, 6.45) is 3.43. The van der Waals surface area contributed by atoms with E-state index in [0.717, 1.165) is 35.8 Å². The average molecular weight is 306 g/mol. The van der Waals surface area contributed by atoms with Crippen molar-refractivity contribution in [3.05, 3.63) is 33.5 Å². The SMILES string of the molecule is CCc1nc(CNC(=O)c2cn[nH]c2[C@@H]2CCOC2)cs1. The van der Waals surface area contributed by atoms with Crippen molar-refractivity contribution in [1.82, 2.24) is 20.5 Å². The molecule has 3 heterocycles. The average Bonchev–Trinajstić information content (AvgIpc) is 3.24. The van der Waals surface area contributed by atoms with Crippen LogP contribution in [0, 0.1) is 0 Å². The molecule has 2 N–H and O–H groups in total. The van der Waals surface area contributed by atoms with Crippen LogP contribution in [0.15, 0.2) is 11.6 Å². The number of aromatic amines is 1. The number of rotatable bonds is 5. The molecular weight excluding hydrogens is 288 g/mol. The number of thiazole rings is 1. The van der Waals surface area contributed by atoms with Gasteiger partial charge in [-0.2, -0.15) is 5.10 Å². The van der Waals surface area contributed by atoms with E-state index in [1.165, 1.54) is 0 Å². The number of hydrogen-bond acceptors (Lipinski definition) is 5. The van der Waals surface area contributed by atoms with Crippen LogP contribution in [0.2, 0.25) is 0 Å². The lowest BCUT2D eigenvalue weighted by molar-refractivity contribution is 0.0949. The summed E-state index contributed by atoms with van der Waals surface area (Å²) in [7, 11) is 0. The van der Waals surface area contributed by atoms with Crippen LogP contribution < -0.4 is 5.32 Å². The van der Waals surface area contributed by atoms with Crippen LogP contribution in [0.5, 0.6) is 0 Å². The number of nitrogens with one attached hydrogen (secondary N) is 2. The molecule has 0 aliphatic carbocycles. The predicted octanol–water partition coefficient (Wildman–Crippen LogP) is 1.86. The van der Waals surface area contributed by atoms with Gasteiger partial charge in [-0.1, -0.05) is 6.92 Å². The van der Waals surface area contributed by atoms with Gasteiger partial charge in [-0.15, -0.1) is 11.3 Å². The van der Waals surface area contributed by atoms with Gasteiger partial charge in [0.25, 0.3) is 5.91 Å². The van der Waals surface area contributed by atoms with E-state index in [1.807, 2.05) is 5.38 Å². The van der Waals surface area contributed by atoms with Gasteiger partial charge in [0.1, 0.15) is 0 Å². The zero-order valence-corrected chi connectivity index (χ0v) is 12.7. The monoisotopic (exact) mass is 306 g/mol. The Kier molecular flexibility index (Phi) is 4.31. The van der Waals surface area contributed by atoms with E-state index in [0.29, 0.717) is 18.7 Å². The van der Waals surface area contributed by atoms with Crippen molar-refractivity contribution in [2.24, 2.45) is 0 Å². The van der Waals surface area contributed by atoms with Crippen LogP contribution in [0.1, 0.15) is 46.0 Å². The molecule has 0 radical (unpaired) electrons. The van der Waals surface area contributed by atoms with Gasteiger partial charge in [0.2, 0.25) is 0 Å². The molecule has 0 saturated carbocycles. The van der Waals surface area contributed by atoms with Crippen molar-refractivity contribution in [2.45, 2.75) is 32.2 Å². The minimum atomic E-state index is -0.114. The van der Waals surface area contributed by atoms with Crippen molar-refractivity contribution < 1.29 is 9.53 Å². The number of carbonyl (C=O) groups excluding carboxylic acids is 1. The Labute approximate surface area is 126 Å². The molecule has 3 rings (SSSR count). The van der Waals surface area contributed by atoms with Crippen molar-refractivity contribution >= 4 is 17.2 Å². The smallest absolute Gasteiger partial charge is 0.255 e. The van der Waals surface area contributed by atoms with E-state index in [2.05, 4.69) is 27.4 Å². The molecule has 6 nitrogen and oxygen atoms in total. The van der Waals surface area contributed by atoms with E-state index in [9.17, 15) is 4.79 Å². The van der Waals surface area contributed by atoms with E-state index in [-0.39, 0.29) is 11.8 Å². The number of H-pyrrole nitrogens is 1. The second-order valence-corrected chi connectivity index (χ2v) is 5.97. The summed E-state index contributed by atoms with van der Waals surface area (Å²) < 4.78 is 5.37. The summed E-state index contributed by atoms with van der Waals surface area (Å²) in [5.74, 6) is 0.121. The van der Waals surface area contributed by atoms with Gasteiger partial charge in [0.05, 0.1) is 41.3 Å². The maximum absolute atomic E-state index is 12.3. The standard InChI is InChI=1S/C14H18N4O2S/c1-2-12-17-10(8-21-12)5-15-14(19)11-6-16-18-13(11)9-3-4-20-7-9/h6,8-9H,2-5,7H2,1H3,(H,15,19)(H,16,18)/t9-/m1/s1. The molecule has 1 saturated heterocycles. The highest BCUT2D eigenvalue weighted by Crippen LogP contribution is 2.26. The second kappa shape index (κ2) is 6.36. The Bertz CT molecular complexity index is 616. The zero-order valence-electron chi connectivity index (χ0n) is 11.9. The molecule has 0 spiro atoms. The Morgan fingerprint density at radius 2 is 2.52 bits per heavy atom. The Morgan fingerprint density at radius 3 is 3.24 bits per heavy atom. The molecule has 112 valence electrons. The molecule has 1 aliphatic rings. The molecule has 21 heavy (non-hydrogen) atoms. The molecule has 0 unspecified atom stereocenters. The van der Waals surface area contributed by atoms with Crippen LogP contribution in [-0.4, -0.2) is 34.3 Å². The molecule has 0 aromatic carbocycles. The zero-order chi connectivity index (χ0) is 14.7. The highest BCUT2D eigenvalue weighted by atomic mass is 32.1. The minimum Gasteiger partial charge on any atom is -0.381 e. The molecular formula is C14H18N4O2S. The molecule has 1 amide bonds. The lowest BCUT2D eigenvalue weighted by Crippen LogP contribution is -2.24. The van der Waals surface area contributed by atoms with Gasteiger partial charge in [-0.05, 0) is 12.8 Å². The molecule has 2 aromatic heterocycles. The molecule has 1 fully saturated rings. The molecule has 1 atom stereocenters. The summed E-state index contributed by atoms with van der Waals surface area (Å²) in [5, 5.41) is 12.9. The van der Waals surface area contributed by atoms with Crippen LogP contribution in [0.3, 0.4) is 0 Å². The van der Waals surface area contributed by atoms with Gasteiger partial charge in [-0.25, -0.2) is 4.98 Å². The van der Waals surface area contributed by atoms with Gasteiger partial charge in [0, 0.05) is 17.9 Å². The quantitative estimate of drug-likeness (QED) is 0.883. The first-order valence-electron chi connectivity index (χ1n) is 7.10. The molecule has 2 aromatic rings. The highest BCUT2D eigenvalue weighted by molar-refractivity contribution is 7.09. The number of ether oxygens (including phenoxy) is 1. The number of hydrogen-bond donors (Lipinski definition) is 2. The Morgan fingerprint density at radius 1 is 1.62 bits per heavy atom. The topological polar surface area (TPSA) is 79.9 Å². The number of nitrogens with zero attached hydrogens (tertiary/aromatic N) is 2. The summed E-state index contributed by atoms with van der Waals surface area (Å²) in [6, 6.07) is 0. The summed E-state index contributed by atoms with van der Waals surface area (Å²) >= 11 is 1.62. The maximum atomic E-state index is 12.3. The fraction of sp³-hybridized carbons (Fsp3) is 0.500. The Hall–Kier alpha value is -1.73. The number of aromatic nitrogens is 3. The fourth-order valence-electron chi connectivity index (χ4n) is 2.41. The predicted molar refractivity (Wildman–Crippen MR) is 79.4 cm³/mol. The molecule has 1 aliphatic heterocycles. The van der Waals surface area contributed by atoms with E-state index < -0.39 is 0 Å². The highest BCUT2D eigenvalue weighted by Gasteiger charge is 2.25.